The van der Waals surface area contributed by atoms with Crippen molar-refractivity contribution in [3.63, 3.8) is 0 Å². The van der Waals surface area contributed by atoms with Gasteiger partial charge in [-0.3, -0.25) is 0 Å². The predicted octanol–water partition coefficient (Wildman–Crippen LogP) is 3.30. The Hall–Kier alpha value is -2.58. The Morgan fingerprint density at radius 1 is 1.30 bits per heavy atom. The highest BCUT2D eigenvalue weighted by atomic mass is 19.4. The van der Waals surface area contributed by atoms with Gasteiger partial charge < -0.3 is 13.9 Å². The number of esters is 1. The fourth-order valence-electron chi connectivity index (χ4n) is 2.17. The van der Waals surface area contributed by atoms with Gasteiger partial charge in [-0.1, -0.05) is 6.07 Å². The SMILES string of the molecule is COC(=O)c1nnc(-c2cc(OC(F)(F)F)ccc2C2CC2)o1. The molecule has 0 atom stereocenters. The molecule has 0 aliphatic heterocycles. The maximum Gasteiger partial charge on any atom is 0.573 e. The smallest absolute Gasteiger partial charge is 0.462 e. The van der Waals surface area contributed by atoms with E-state index in [1.165, 1.54) is 18.2 Å². The topological polar surface area (TPSA) is 74.5 Å². The molecule has 0 saturated heterocycles. The Balaban J connectivity index is 1.99. The summed E-state index contributed by atoms with van der Waals surface area (Å²) in [7, 11) is 1.15. The lowest BCUT2D eigenvalue weighted by molar-refractivity contribution is -0.274. The molecule has 1 aromatic heterocycles. The van der Waals surface area contributed by atoms with Gasteiger partial charge >= 0.3 is 18.2 Å². The lowest BCUT2D eigenvalue weighted by Crippen LogP contribution is -2.17. The number of hydrogen-bond donors (Lipinski definition) is 0. The Morgan fingerprint density at radius 3 is 2.65 bits per heavy atom. The van der Waals surface area contributed by atoms with Crippen molar-refractivity contribution in [3.05, 3.63) is 29.7 Å². The summed E-state index contributed by atoms with van der Waals surface area (Å²) in [6.07, 6.45) is -2.96. The quantitative estimate of drug-likeness (QED) is 0.802. The molecule has 23 heavy (non-hydrogen) atoms. The van der Waals surface area contributed by atoms with Gasteiger partial charge in [-0.25, -0.2) is 4.79 Å². The first-order valence-corrected chi connectivity index (χ1v) is 6.69. The molecule has 3 rings (SSSR count). The van der Waals surface area contributed by atoms with Gasteiger partial charge in [0, 0.05) is 5.56 Å². The van der Waals surface area contributed by atoms with Crippen molar-refractivity contribution < 1.29 is 31.9 Å². The summed E-state index contributed by atoms with van der Waals surface area (Å²) in [5.41, 5.74) is 1.09. The van der Waals surface area contributed by atoms with Crippen LogP contribution in [0.1, 0.15) is 35.0 Å². The minimum atomic E-state index is -4.80. The fourth-order valence-corrected chi connectivity index (χ4v) is 2.17. The third-order valence-electron chi connectivity index (χ3n) is 3.29. The van der Waals surface area contributed by atoms with Crippen LogP contribution in [0.3, 0.4) is 0 Å². The van der Waals surface area contributed by atoms with Crippen molar-refractivity contribution in [1.82, 2.24) is 10.2 Å². The first-order valence-electron chi connectivity index (χ1n) is 6.69. The van der Waals surface area contributed by atoms with Crippen LogP contribution in [0.25, 0.3) is 11.5 Å². The highest BCUT2D eigenvalue weighted by Gasteiger charge is 2.33. The van der Waals surface area contributed by atoms with Crippen LogP contribution in [0.5, 0.6) is 5.75 Å². The monoisotopic (exact) mass is 328 g/mol. The number of benzene rings is 1. The number of hydrogen-bond acceptors (Lipinski definition) is 6. The van der Waals surface area contributed by atoms with Crippen LogP contribution in [-0.4, -0.2) is 29.6 Å². The molecule has 1 aliphatic rings. The molecule has 0 amide bonds. The molecule has 6 nitrogen and oxygen atoms in total. The Kier molecular flexibility index (Phi) is 3.70. The van der Waals surface area contributed by atoms with E-state index in [2.05, 4.69) is 19.7 Å². The number of rotatable bonds is 4. The van der Waals surface area contributed by atoms with Crippen molar-refractivity contribution in [1.29, 1.82) is 0 Å². The Morgan fingerprint density at radius 2 is 2.04 bits per heavy atom. The highest BCUT2D eigenvalue weighted by Crippen LogP contribution is 2.45. The minimum Gasteiger partial charge on any atom is -0.462 e. The van der Waals surface area contributed by atoms with E-state index >= 15 is 0 Å². The van der Waals surface area contributed by atoms with Crippen LogP contribution >= 0.6 is 0 Å². The van der Waals surface area contributed by atoms with Crippen molar-refractivity contribution in [3.8, 4) is 17.2 Å². The summed E-state index contributed by atoms with van der Waals surface area (Å²) in [5.74, 6) is -1.42. The molecule has 1 aliphatic carbocycles. The molecule has 1 fully saturated rings. The third kappa shape index (κ3) is 3.43. The second-order valence-electron chi connectivity index (χ2n) is 4.98. The average Bonchev–Trinajstić information content (AvgIpc) is 3.21. The highest BCUT2D eigenvalue weighted by molar-refractivity contribution is 5.84. The van der Waals surface area contributed by atoms with Crippen LogP contribution < -0.4 is 4.74 Å². The van der Waals surface area contributed by atoms with Gasteiger partial charge in [0.1, 0.15) is 5.75 Å². The van der Waals surface area contributed by atoms with Crippen LogP contribution in [0.2, 0.25) is 0 Å². The molecule has 1 heterocycles. The first-order chi connectivity index (χ1) is 10.9. The Bertz CT molecular complexity index is 738. The summed E-state index contributed by atoms with van der Waals surface area (Å²) >= 11 is 0. The summed E-state index contributed by atoms with van der Waals surface area (Å²) in [4.78, 5) is 11.4. The molecular formula is C14H11F3N2O4. The summed E-state index contributed by atoms with van der Waals surface area (Å²) in [6.45, 7) is 0. The van der Waals surface area contributed by atoms with E-state index in [9.17, 15) is 18.0 Å². The minimum absolute atomic E-state index is 0.0556. The van der Waals surface area contributed by atoms with Crippen LogP contribution in [0.15, 0.2) is 22.6 Å². The second-order valence-corrected chi connectivity index (χ2v) is 4.98. The van der Waals surface area contributed by atoms with Gasteiger partial charge in [-0.15, -0.1) is 23.4 Å². The van der Waals surface area contributed by atoms with Crippen molar-refractivity contribution >= 4 is 5.97 Å². The number of nitrogens with zero attached hydrogens (tertiary/aromatic N) is 2. The van der Waals surface area contributed by atoms with E-state index in [1.807, 2.05) is 0 Å². The average molecular weight is 328 g/mol. The molecule has 0 radical (unpaired) electrons. The van der Waals surface area contributed by atoms with Gasteiger partial charge in [-0.05, 0) is 36.5 Å². The number of ether oxygens (including phenoxy) is 2. The van der Waals surface area contributed by atoms with Crippen LogP contribution in [0, 0.1) is 0 Å². The zero-order valence-electron chi connectivity index (χ0n) is 11.9. The second kappa shape index (κ2) is 5.56. The lowest BCUT2D eigenvalue weighted by atomic mass is 10.0. The van der Waals surface area contributed by atoms with E-state index in [0.717, 1.165) is 25.5 Å². The standard InChI is InChI=1S/C14H11F3N2O4/c1-21-13(20)12-19-18-11(22-12)10-6-8(23-14(15,16)17)4-5-9(10)7-2-3-7/h4-7H,2-3H2,1H3. The molecule has 0 bridgehead atoms. The Labute approximate surface area is 128 Å². The number of carbonyl (C=O) groups excluding carboxylic acids is 1. The zero-order chi connectivity index (χ0) is 16.6. The zero-order valence-corrected chi connectivity index (χ0v) is 11.9. The molecule has 1 aromatic carbocycles. The van der Waals surface area contributed by atoms with E-state index in [1.54, 1.807) is 0 Å². The summed E-state index contributed by atoms with van der Waals surface area (Å²) in [5, 5.41) is 7.24. The number of alkyl halides is 3. The molecule has 9 heteroatoms. The van der Waals surface area contributed by atoms with Gasteiger partial charge in [0.05, 0.1) is 7.11 Å². The van der Waals surface area contributed by atoms with Gasteiger partial charge in [0.15, 0.2) is 0 Å². The largest absolute Gasteiger partial charge is 0.573 e. The van der Waals surface area contributed by atoms with Crippen molar-refractivity contribution in [2.75, 3.05) is 7.11 Å². The van der Waals surface area contributed by atoms with E-state index in [-0.39, 0.29) is 17.7 Å². The van der Waals surface area contributed by atoms with Gasteiger partial charge in [-0.2, -0.15) is 0 Å². The molecule has 0 spiro atoms. The number of carbonyl (C=O) groups is 1. The van der Waals surface area contributed by atoms with Crippen LogP contribution in [-0.2, 0) is 4.74 Å². The molecule has 2 aromatic rings. The lowest BCUT2D eigenvalue weighted by Gasteiger charge is -2.11. The predicted molar refractivity (Wildman–Crippen MR) is 69.7 cm³/mol. The van der Waals surface area contributed by atoms with E-state index < -0.39 is 18.1 Å². The third-order valence-corrected chi connectivity index (χ3v) is 3.29. The molecule has 0 N–H and O–H groups in total. The summed E-state index contributed by atoms with van der Waals surface area (Å²) < 4.78 is 50.7. The molecule has 0 unspecified atom stereocenters. The maximum absolute atomic E-state index is 12.4. The normalized spacial score (nSPS) is 14.6. The van der Waals surface area contributed by atoms with Crippen LogP contribution in [0.4, 0.5) is 13.2 Å². The molecule has 122 valence electrons. The van der Waals surface area contributed by atoms with Crippen molar-refractivity contribution in [2.24, 2.45) is 0 Å². The maximum atomic E-state index is 12.4. The summed E-state index contributed by atoms with van der Waals surface area (Å²) in [6, 6.07) is 3.95. The van der Waals surface area contributed by atoms with E-state index in [4.69, 9.17) is 4.42 Å². The van der Waals surface area contributed by atoms with Crippen molar-refractivity contribution in [2.45, 2.75) is 25.1 Å². The number of methoxy groups -OCH3 is 1. The van der Waals surface area contributed by atoms with E-state index in [0.29, 0.717) is 5.56 Å². The number of aromatic nitrogens is 2. The molecular weight excluding hydrogens is 317 g/mol. The van der Waals surface area contributed by atoms with Gasteiger partial charge in [0.2, 0.25) is 5.89 Å². The number of halogens is 3. The molecule has 1 saturated carbocycles. The fraction of sp³-hybridized carbons (Fsp3) is 0.357. The first kappa shape index (κ1) is 15.3. The van der Waals surface area contributed by atoms with Gasteiger partial charge in [0.25, 0.3) is 0 Å².